The number of hydrogen-bond donors (Lipinski definition) is 0. The van der Waals surface area contributed by atoms with Gasteiger partial charge in [-0.2, -0.15) is 0 Å². The lowest BCUT2D eigenvalue weighted by Crippen LogP contribution is -2.31. The Morgan fingerprint density at radius 1 is 1.17 bits per heavy atom. The van der Waals surface area contributed by atoms with Crippen LogP contribution in [0.3, 0.4) is 0 Å². The van der Waals surface area contributed by atoms with Gasteiger partial charge >= 0.3 is 0 Å². The standard InChI is InChI=1S/C24H29FN2O2/c1-17-15-22(29-14-4-13-26-12-3-5-18(26)2)16-19-6-11-23(28)27(24(17)19)21-9-7-20(25)8-10-21/h7-10,15-16,18H,3-6,11-14H2,1-2H3/t18-/m1/s1. The number of rotatable bonds is 6. The average molecular weight is 397 g/mol. The van der Waals surface area contributed by atoms with Crippen LogP contribution < -0.4 is 9.64 Å². The molecule has 0 N–H and O–H groups in total. The zero-order valence-corrected chi connectivity index (χ0v) is 17.3. The SMILES string of the molecule is Cc1cc(OCCCN2CCC[C@H]2C)cc2c1N(c1ccc(F)cc1)C(=O)CC2. The van der Waals surface area contributed by atoms with E-state index in [0.29, 0.717) is 31.2 Å². The molecule has 2 aromatic rings. The van der Waals surface area contributed by atoms with Crippen molar-refractivity contribution >= 4 is 17.3 Å². The van der Waals surface area contributed by atoms with Crippen LogP contribution in [-0.4, -0.2) is 36.5 Å². The lowest BCUT2D eigenvalue weighted by molar-refractivity contribution is -0.118. The molecule has 0 spiro atoms. The lowest BCUT2D eigenvalue weighted by atomic mass is 9.96. The highest BCUT2D eigenvalue weighted by atomic mass is 19.1. The molecule has 2 aliphatic heterocycles. The maximum atomic E-state index is 13.3. The van der Waals surface area contributed by atoms with Gasteiger partial charge in [0.2, 0.25) is 5.91 Å². The topological polar surface area (TPSA) is 32.8 Å². The summed E-state index contributed by atoms with van der Waals surface area (Å²) in [6.45, 7) is 7.29. The number of hydrogen-bond acceptors (Lipinski definition) is 3. The fourth-order valence-corrected chi connectivity index (χ4v) is 4.53. The van der Waals surface area contributed by atoms with E-state index >= 15 is 0 Å². The number of nitrogens with zero attached hydrogens (tertiary/aromatic N) is 2. The second kappa shape index (κ2) is 8.54. The summed E-state index contributed by atoms with van der Waals surface area (Å²) in [6, 6.07) is 10.9. The first-order chi connectivity index (χ1) is 14.0. The minimum Gasteiger partial charge on any atom is -0.494 e. The molecule has 2 heterocycles. The van der Waals surface area contributed by atoms with E-state index in [0.717, 1.165) is 35.5 Å². The monoisotopic (exact) mass is 396 g/mol. The van der Waals surface area contributed by atoms with Gasteiger partial charge in [-0.1, -0.05) is 0 Å². The van der Waals surface area contributed by atoms with E-state index < -0.39 is 0 Å². The molecule has 2 aromatic carbocycles. The van der Waals surface area contributed by atoms with E-state index in [1.165, 1.54) is 31.5 Å². The number of carbonyl (C=O) groups excluding carboxylic acids is 1. The minimum atomic E-state index is -0.303. The molecule has 4 nitrogen and oxygen atoms in total. The smallest absolute Gasteiger partial charge is 0.231 e. The van der Waals surface area contributed by atoms with Crippen LogP contribution in [0.5, 0.6) is 5.75 Å². The molecule has 0 aromatic heterocycles. The van der Waals surface area contributed by atoms with Crippen molar-refractivity contribution in [3.63, 3.8) is 0 Å². The maximum absolute atomic E-state index is 13.3. The van der Waals surface area contributed by atoms with Gasteiger partial charge in [-0.3, -0.25) is 9.69 Å². The highest BCUT2D eigenvalue weighted by Crippen LogP contribution is 2.39. The summed E-state index contributed by atoms with van der Waals surface area (Å²) >= 11 is 0. The van der Waals surface area contributed by atoms with Crippen LogP contribution in [0.25, 0.3) is 0 Å². The van der Waals surface area contributed by atoms with Gasteiger partial charge in [0.25, 0.3) is 0 Å². The van der Waals surface area contributed by atoms with E-state index in [-0.39, 0.29) is 11.7 Å². The molecular formula is C24H29FN2O2. The molecule has 1 saturated heterocycles. The van der Waals surface area contributed by atoms with Crippen molar-refractivity contribution in [1.29, 1.82) is 0 Å². The Kier molecular flexibility index (Phi) is 5.86. The first-order valence-corrected chi connectivity index (χ1v) is 10.6. The summed E-state index contributed by atoms with van der Waals surface area (Å²) in [5.41, 5.74) is 3.72. The van der Waals surface area contributed by atoms with Crippen molar-refractivity contribution in [1.82, 2.24) is 4.90 Å². The first kappa shape index (κ1) is 19.9. The zero-order valence-electron chi connectivity index (χ0n) is 17.3. The molecule has 1 fully saturated rings. The number of fused-ring (bicyclic) bond motifs is 1. The van der Waals surface area contributed by atoms with Crippen LogP contribution >= 0.6 is 0 Å². The summed E-state index contributed by atoms with van der Waals surface area (Å²) in [5.74, 6) is 0.604. The Bertz CT molecular complexity index is 881. The molecule has 154 valence electrons. The van der Waals surface area contributed by atoms with Gasteiger partial charge in [-0.25, -0.2) is 4.39 Å². The number of halogens is 1. The number of likely N-dealkylation sites (tertiary alicyclic amines) is 1. The third-order valence-corrected chi connectivity index (χ3v) is 6.07. The second-order valence-corrected chi connectivity index (χ2v) is 8.18. The summed E-state index contributed by atoms with van der Waals surface area (Å²) in [6.07, 6.45) is 4.76. The Hall–Kier alpha value is -2.40. The van der Waals surface area contributed by atoms with Gasteiger partial charge in [-0.05, 0) is 93.6 Å². The van der Waals surface area contributed by atoms with Crippen LogP contribution in [0.2, 0.25) is 0 Å². The Morgan fingerprint density at radius 3 is 2.69 bits per heavy atom. The van der Waals surface area contributed by atoms with E-state index in [9.17, 15) is 9.18 Å². The normalized spacial score (nSPS) is 19.5. The maximum Gasteiger partial charge on any atom is 0.231 e. The van der Waals surface area contributed by atoms with Crippen molar-refractivity contribution in [2.24, 2.45) is 0 Å². The Morgan fingerprint density at radius 2 is 1.97 bits per heavy atom. The molecule has 5 heteroatoms. The molecule has 1 amide bonds. The largest absolute Gasteiger partial charge is 0.494 e. The zero-order chi connectivity index (χ0) is 20.4. The molecule has 0 radical (unpaired) electrons. The van der Waals surface area contributed by atoms with Crippen molar-refractivity contribution in [3.05, 3.63) is 53.3 Å². The quantitative estimate of drug-likeness (QED) is 0.645. The second-order valence-electron chi connectivity index (χ2n) is 8.18. The molecule has 29 heavy (non-hydrogen) atoms. The summed E-state index contributed by atoms with van der Waals surface area (Å²) in [7, 11) is 0. The van der Waals surface area contributed by atoms with Gasteiger partial charge in [0, 0.05) is 24.7 Å². The molecular weight excluding hydrogens is 367 g/mol. The van der Waals surface area contributed by atoms with Gasteiger partial charge in [0.15, 0.2) is 0 Å². The molecule has 0 bridgehead atoms. The number of aryl methyl sites for hydroxylation is 2. The molecule has 0 aliphatic carbocycles. The average Bonchev–Trinajstić information content (AvgIpc) is 3.11. The first-order valence-electron chi connectivity index (χ1n) is 10.6. The van der Waals surface area contributed by atoms with E-state index in [1.54, 1.807) is 17.0 Å². The van der Waals surface area contributed by atoms with E-state index in [1.807, 2.05) is 13.0 Å². The van der Waals surface area contributed by atoms with E-state index in [2.05, 4.69) is 17.9 Å². The van der Waals surface area contributed by atoms with Gasteiger partial charge in [-0.15, -0.1) is 0 Å². The van der Waals surface area contributed by atoms with Crippen LogP contribution in [0.15, 0.2) is 36.4 Å². The molecule has 2 aliphatic rings. The highest BCUT2D eigenvalue weighted by molar-refractivity contribution is 6.03. The van der Waals surface area contributed by atoms with Crippen molar-refractivity contribution in [3.8, 4) is 5.75 Å². The van der Waals surface area contributed by atoms with Crippen LogP contribution in [0, 0.1) is 12.7 Å². The molecule has 1 atom stereocenters. The van der Waals surface area contributed by atoms with Crippen molar-refractivity contribution in [2.45, 2.75) is 52.0 Å². The number of amides is 1. The predicted molar refractivity (Wildman–Crippen MR) is 113 cm³/mol. The summed E-state index contributed by atoms with van der Waals surface area (Å²) in [5, 5.41) is 0. The van der Waals surface area contributed by atoms with Crippen molar-refractivity contribution < 1.29 is 13.9 Å². The predicted octanol–water partition coefficient (Wildman–Crippen LogP) is 5.00. The molecule has 0 unspecified atom stereocenters. The summed E-state index contributed by atoms with van der Waals surface area (Å²) < 4.78 is 19.4. The van der Waals surface area contributed by atoms with Crippen LogP contribution in [0.4, 0.5) is 15.8 Å². The Labute approximate surface area is 172 Å². The van der Waals surface area contributed by atoms with Crippen LogP contribution in [-0.2, 0) is 11.2 Å². The molecule has 4 rings (SSSR count). The fraction of sp³-hybridized carbons (Fsp3) is 0.458. The summed E-state index contributed by atoms with van der Waals surface area (Å²) in [4.78, 5) is 16.9. The van der Waals surface area contributed by atoms with E-state index in [4.69, 9.17) is 4.74 Å². The number of ether oxygens (including phenoxy) is 1. The molecule has 0 saturated carbocycles. The van der Waals surface area contributed by atoms with Crippen LogP contribution in [0.1, 0.15) is 43.7 Å². The third kappa shape index (κ3) is 4.30. The Balaban J connectivity index is 1.47. The fourth-order valence-electron chi connectivity index (χ4n) is 4.53. The minimum absolute atomic E-state index is 0.0422. The van der Waals surface area contributed by atoms with Gasteiger partial charge in [0.1, 0.15) is 11.6 Å². The number of anilines is 2. The number of benzene rings is 2. The lowest BCUT2D eigenvalue weighted by Gasteiger charge is -2.31. The van der Waals surface area contributed by atoms with Gasteiger partial charge < -0.3 is 9.64 Å². The number of carbonyl (C=O) groups is 1. The third-order valence-electron chi connectivity index (χ3n) is 6.07. The highest BCUT2D eigenvalue weighted by Gasteiger charge is 2.28. The van der Waals surface area contributed by atoms with Crippen molar-refractivity contribution in [2.75, 3.05) is 24.6 Å². The van der Waals surface area contributed by atoms with Gasteiger partial charge in [0.05, 0.1) is 12.3 Å².